The van der Waals surface area contributed by atoms with Crippen molar-refractivity contribution in [2.24, 2.45) is 0 Å². The van der Waals surface area contributed by atoms with Gasteiger partial charge in [0.05, 0.1) is 11.2 Å². The summed E-state index contributed by atoms with van der Waals surface area (Å²) in [6, 6.07) is 22.4. The van der Waals surface area contributed by atoms with Crippen molar-refractivity contribution in [1.82, 2.24) is 10.1 Å². The Labute approximate surface area is 134 Å². The molecule has 4 aromatic rings. The fourth-order valence-corrected chi connectivity index (χ4v) is 2.65. The van der Waals surface area contributed by atoms with Crippen molar-refractivity contribution in [2.75, 3.05) is 0 Å². The van der Waals surface area contributed by atoms with Crippen LogP contribution < -0.4 is 0 Å². The maximum absolute atomic E-state index is 5.50. The van der Waals surface area contributed by atoms with Crippen molar-refractivity contribution in [1.29, 1.82) is 0 Å². The smallest absolute Gasteiger partial charge is 0.167 e. The molecule has 23 heavy (non-hydrogen) atoms. The molecular formula is C20H16N2O. The second-order valence-corrected chi connectivity index (χ2v) is 5.52. The number of fused-ring (bicyclic) bond motifs is 1. The van der Waals surface area contributed by atoms with Crippen molar-refractivity contribution >= 4 is 10.9 Å². The van der Waals surface area contributed by atoms with Gasteiger partial charge in [0, 0.05) is 17.0 Å². The SMILES string of the molecule is CCc1ccc(-c2cc(-c3ccc4ccccc4n3)no2)cc1. The van der Waals surface area contributed by atoms with Gasteiger partial charge >= 0.3 is 0 Å². The van der Waals surface area contributed by atoms with Gasteiger partial charge in [-0.3, -0.25) is 0 Å². The molecule has 0 saturated carbocycles. The lowest BCUT2D eigenvalue weighted by molar-refractivity contribution is 0.434. The van der Waals surface area contributed by atoms with Crippen LogP contribution in [0.4, 0.5) is 0 Å². The Hall–Kier alpha value is -2.94. The molecule has 2 aromatic carbocycles. The molecule has 0 saturated heterocycles. The molecule has 0 aliphatic heterocycles. The number of nitrogens with zero attached hydrogens (tertiary/aromatic N) is 2. The Morgan fingerprint density at radius 3 is 2.52 bits per heavy atom. The highest BCUT2D eigenvalue weighted by Gasteiger charge is 2.10. The van der Waals surface area contributed by atoms with Gasteiger partial charge in [-0.25, -0.2) is 4.98 Å². The Morgan fingerprint density at radius 1 is 0.870 bits per heavy atom. The van der Waals surface area contributed by atoms with E-state index in [1.165, 1.54) is 5.56 Å². The molecule has 112 valence electrons. The van der Waals surface area contributed by atoms with Crippen LogP contribution in [0.3, 0.4) is 0 Å². The fraction of sp³-hybridized carbons (Fsp3) is 0.100. The molecule has 0 bridgehead atoms. The van der Waals surface area contributed by atoms with Gasteiger partial charge in [0.15, 0.2) is 5.76 Å². The third-order valence-electron chi connectivity index (χ3n) is 4.02. The minimum Gasteiger partial charge on any atom is -0.356 e. The topological polar surface area (TPSA) is 38.9 Å². The van der Waals surface area contributed by atoms with E-state index in [-0.39, 0.29) is 0 Å². The first kappa shape index (κ1) is 13.7. The summed E-state index contributed by atoms with van der Waals surface area (Å²) in [7, 11) is 0. The molecular weight excluding hydrogens is 284 g/mol. The first-order chi connectivity index (χ1) is 11.3. The molecule has 0 fully saturated rings. The zero-order valence-corrected chi connectivity index (χ0v) is 12.9. The average Bonchev–Trinajstić information content (AvgIpc) is 3.11. The quantitative estimate of drug-likeness (QED) is 0.527. The Bertz CT molecular complexity index is 955. The van der Waals surface area contributed by atoms with Crippen LogP contribution in [0.1, 0.15) is 12.5 Å². The van der Waals surface area contributed by atoms with E-state index >= 15 is 0 Å². The summed E-state index contributed by atoms with van der Waals surface area (Å²) >= 11 is 0. The first-order valence-electron chi connectivity index (χ1n) is 7.75. The molecule has 0 aliphatic rings. The Kier molecular flexibility index (Phi) is 3.39. The molecule has 0 N–H and O–H groups in total. The first-order valence-corrected chi connectivity index (χ1v) is 7.75. The molecule has 0 spiro atoms. The zero-order chi connectivity index (χ0) is 15.6. The van der Waals surface area contributed by atoms with Crippen molar-refractivity contribution in [3.8, 4) is 22.7 Å². The minimum atomic E-state index is 0.755. The number of aryl methyl sites for hydroxylation is 1. The summed E-state index contributed by atoms with van der Waals surface area (Å²) in [5.41, 5.74) is 4.88. The number of pyridine rings is 1. The van der Waals surface area contributed by atoms with Crippen LogP contribution in [0.15, 0.2) is 71.3 Å². The van der Waals surface area contributed by atoms with E-state index in [4.69, 9.17) is 4.52 Å². The predicted octanol–water partition coefficient (Wildman–Crippen LogP) is 5.12. The largest absolute Gasteiger partial charge is 0.356 e. The second kappa shape index (κ2) is 5.69. The lowest BCUT2D eigenvalue weighted by Crippen LogP contribution is -1.84. The number of hydrogen-bond donors (Lipinski definition) is 0. The van der Waals surface area contributed by atoms with Crippen LogP contribution in [0.25, 0.3) is 33.6 Å². The highest BCUT2D eigenvalue weighted by molar-refractivity contribution is 5.81. The molecule has 0 radical (unpaired) electrons. The summed E-state index contributed by atoms with van der Waals surface area (Å²) in [6.45, 7) is 2.15. The van der Waals surface area contributed by atoms with E-state index in [9.17, 15) is 0 Å². The molecule has 3 heteroatoms. The normalized spacial score (nSPS) is 11.0. The van der Waals surface area contributed by atoms with E-state index in [2.05, 4.69) is 53.5 Å². The van der Waals surface area contributed by atoms with Crippen LogP contribution >= 0.6 is 0 Å². The van der Waals surface area contributed by atoms with Gasteiger partial charge in [-0.2, -0.15) is 0 Å². The predicted molar refractivity (Wildman–Crippen MR) is 92.1 cm³/mol. The number of rotatable bonds is 3. The Morgan fingerprint density at radius 2 is 1.70 bits per heavy atom. The van der Waals surface area contributed by atoms with E-state index < -0.39 is 0 Å². The maximum Gasteiger partial charge on any atom is 0.167 e. The lowest BCUT2D eigenvalue weighted by atomic mass is 10.1. The summed E-state index contributed by atoms with van der Waals surface area (Å²) in [5, 5.41) is 5.30. The number of para-hydroxylation sites is 1. The number of aromatic nitrogens is 2. The van der Waals surface area contributed by atoms with Gasteiger partial charge in [0.25, 0.3) is 0 Å². The Balaban J connectivity index is 1.70. The zero-order valence-electron chi connectivity index (χ0n) is 12.9. The van der Waals surface area contributed by atoms with Crippen LogP contribution in [-0.4, -0.2) is 10.1 Å². The van der Waals surface area contributed by atoms with Crippen molar-refractivity contribution < 1.29 is 4.52 Å². The lowest BCUT2D eigenvalue weighted by Gasteiger charge is -1.99. The number of benzene rings is 2. The van der Waals surface area contributed by atoms with Crippen LogP contribution in [0.5, 0.6) is 0 Å². The summed E-state index contributed by atoms with van der Waals surface area (Å²) in [6.07, 6.45) is 1.03. The molecule has 2 heterocycles. The second-order valence-electron chi connectivity index (χ2n) is 5.52. The maximum atomic E-state index is 5.50. The van der Waals surface area contributed by atoms with E-state index in [1.54, 1.807) is 0 Å². The van der Waals surface area contributed by atoms with Gasteiger partial charge in [-0.15, -0.1) is 0 Å². The van der Waals surface area contributed by atoms with Gasteiger partial charge in [0.2, 0.25) is 0 Å². The monoisotopic (exact) mass is 300 g/mol. The number of hydrogen-bond acceptors (Lipinski definition) is 3. The molecule has 0 unspecified atom stereocenters. The highest BCUT2D eigenvalue weighted by atomic mass is 16.5. The molecule has 4 rings (SSSR count). The highest BCUT2D eigenvalue weighted by Crippen LogP contribution is 2.26. The van der Waals surface area contributed by atoms with Gasteiger partial charge in [-0.1, -0.05) is 60.6 Å². The summed E-state index contributed by atoms with van der Waals surface area (Å²) in [5.74, 6) is 0.762. The van der Waals surface area contributed by atoms with Crippen molar-refractivity contribution in [3.05, 3.63) is 72.3 Å². The molecule has 0 atom stereocenters. The van der Waals surface area contributed by atoms with Crippen LogP contribution in [-0.2, 0) is 6.42 Å². The summed E-state index contributed by atoms with van der Waals surface area (Å²) < 4.78 is 5.50. The van der Waals surface area contributed by atoms with Gasteiger partial charge in [0.1, 0.15) is 5.69 Å². The van der Waals surface area contributed by atoms with Crippen molar-refractivity contribution in [2.45, 2.75) is 13.3 Å². The van der Waals surface area contributed by atoms with E-state index in [1.807, 2.05) is 30.3 Å². The van der Waals surface area contributed by atoms with Crippen LogP contribution in [0.2, 0.25) is 0 Å². The van der Waals surface area contributed by atoms with Gasteiger partial charge in [-0.05, 0) is 24.1 Å². The van der Waals surface area contributed by atoms with Crippen LogP contribution in [0, 0.1) is 0 Å². The minimum absolute atomic E-state index is 0.755. The van der Waals surface area contributed by atoms with Crippen molar-refractivity contribution in [3.63, 3.8) is 0 Å². The summed E-state index contributed by atoms with van der Waals surface area (Å²) in [4.78, 5) is 4.66. The van der Waals surface area contributed by atoms with E-state index in [0.29, 0.717) is 0 Å². The third kappa shape index (κ3) is 2.61. The molecule has 3 nitrogen and oxygen atoms in total. The molecule has 2 aromatic heterocycles. The van der Waals surface area contributed by atoms with E-state index in [0.717, 1.165) is 40.0 Å². The average molecular weight is 300 g/mol. The fourth-order valence-electron chi connectivity index (χ4n) is 2.65. The third-order valence-corrected chi connectivity index (χ3v) is 4.02. The molecule has 0 amide bonds. The molecule has 0 aliphatic carbocycles. The van der Waals surface area contributed by atoms with Gasteiger partial charge < -0.3 is 4.52 Å². The standard InChI is InChI=1S/C20H16N2O/c1-2-14-7-9-16(10-8-14)20-13-19(22-23-20)18-12-11-15-5-3-4-6-17(15)21-18/h3-13H,2H2,1H3.